The highest BCUT2D eigenvalue weighted by Gasteiger charge is 2.09. The number of amides is 1. The molecule has 0 aliphatic heterocycles. The lowest BCUT2D eigenvalue weighted by atomic mass is 10.1. The second kappa shape index (κ2) is 7.23. The van der Waals surface area contributed by atoms with Crippen LogP contribution in [0.15, 0.2) is 0 Å². The molecule has 88 valence electrons. The van der Waals surface area contributed by atoms with E-state index in [1.54, 1.807) is 6.92 Å². The Morgan fingerprint density at radius 1 is 1.27 bits per heavy atom. The van der Waals surface area contributed by atoms with Crippen molar-refractivity contribution in [2.45, 2.75) is 33.2 Å². The number of rotatable bonds is 7. The Balaban J connectivity index is 3.57. The first-order chi connectivity index (χ1) is 6.91. The second-order valence-electron chi connectivity index (χ2n) is 4.04. The van der Waals surface area contributed by atoms with Gasteiger partial charge in [-0.3, -0.25) is 9.59 Å². The highest BCUT2D eigenvalue weighted by Crippen LogP contribution is 1.98. The quantitative estimate of drug-likeness (QED) is 0.568. The van der Waals surface area contributed by atoms with E-state index in [4.69, 9.17) is 5.11 Å². The van der Waals surface area contributed by atoms with Crippen LogP contribution in [0.2, 0.25) is 0 Å². The van der Waals surface area contributed by atoms with Crippen LogP contribution in [0.4, 0.5) is 0 Å². The molecular formula is C10H20N2O3. The Hall–Kier alpha value is -1.10. The molecule has 0 aromatic carbocycles. The summed E-state index contributed by atoms with van der Waals surface area (Å²) in [6.07, 6.45) is 0.0812. The lowest BCUT2D eigenvalue weighted by molar-refractivity contribution is -0.138. The summed E-state index contributed by atoms with van der Waals surface area (Å²) in [7, 11) is 0. The van der Waals surface area contributed by atoms with Gasteiger partial charge in [0, 0.05) is 19.0 Å². The molecule has 5 nitrogen and oxygen atoms in total. The number of hydrogen-bond acceptors (Lipinski definition) is 3. The van der Waals surface area contributed by atoms with Crippen molar-refractivity contribution in [3.63, 3.8) is 0 Å². The molecule has 0 bridgehead atoms. The minimum atomic E-state index is -0.836. The summed E-state index contributed by atoms with van der Waals surface area (Å²) >= 11 is 0. The Bertz CT molecular complexity index is 217. The first kappa shape index (κ1) is 13.9. The van der Waals surface area contributed by atoms with Crippen LogP contribution in [-0.4, -0.2) is 36.1 Å². The maximum Gasteiger partial charge on any atom is 0.303 e. The molecule has 3 N–H and O–H groups in total. The molecule has 15 heavy (non-hydrogen) atoms. The van der Waals surface area contributed by atoms with Gasteiger partial charge in [-0.2, -0.15) is 0 Å². The van der Waals surface area contributed by atoms with Gasteiger partial charge in [-0.05, 0) is 5.92 Å². The molecule has 0 saturated carbocycles. The Labute approximate surface area is 90.2 Å². The van der Waals surface area contributed by atoms with E-state index >= 15 is 0 Å². The molecule has 0 saturated heterocycles. The fourth-order valence-corrected chi connectivity index (χ4v) is 1.02. The van der Waals surface area contributed by atoms with Crippen molar-refractivity contribution < 1.29 is 14.7 Å². The van der Waals surface area contributed by atoms with Gasteiger partial charge in [0.1, 0.15) is 0 Å². The number of carbonyl (C=O) groups excluding carboxylic acids is 1. The molecule has 0 aromatic rings. The lowest BCUT2D eigenvalue weighted by Gasteiger charge is -2.11. The Kier molecular flexibility index (Phi) is 6.70. The van der Waals surface area contributed by atoms with Crippen molar-refractivity contribution in [1.29, 1.82) is 0 Å². The number of hydrogen-bond donors (Lipinski definition) is 3. The van der Waals surface area contributed by atoms with Crippen LogP contribution in [0.5, 0.6) is 0 Å². The third-order valence-electron chi connectivity index (χ3n) is 1.84. The zero-order valence-corrected chi connectivity index (χ0v) is 9.54. The van der Waals surface area contributed by atoms with Crippen LogP contribution < -0.4 is 10.6 Å². The molecule has 0 heterocycles. The van der Waals surface area contributed by atoms with Gasteiger partial charge in [0.2, 0.25) is 5.91 Å². The topological polar surface area (TPSA) is 78.4 Å². The van der Waals surface area contributed by atoms with Crippen LogP contribution in [0.3, 0.4) is 0 Å². The standard InChI is InChI=1S/C10H20N2O3/c1-7(2)11-6-9(13)12-5-8(3)4-10(14)15/h7-8,11H,4-6H2,1-3H3,(H,12,13)(H,14,15). The van der Waals surface area contributed by atoms with Gasteiger partial charge in [0.15, 0.2) is 0 Å². The summed E-state index contributed by atoms with van der Waals surface area (Å²) in [6.45, 7) is 6.40. The number of carboxylic acid groups (broad SMARTS) is 1. The smallest absolute Gasteiger partial charge is 0.303 e. The number of nitrogens with one attached hydrogen (secondary N) is 2. The average Bonchev–Trinajstić information content (AvgIpc) is 2.10. The van der Waals surface area contributed by atoms with Gasteiger partial charge >= 0.3 is 5.97 Å². The molecule has 0 rings (SSSR count). The summed E-state index contributed by atoms with van der Waals surface area (Å²) in [5.41, 5.74) is 0. The van der Waals surface area contributed by atoms with Crippen LogP contribution in [0.1, 0.15) is 27.2 Å². The first-order valence-corrected chi connectivity index (χ1v) is 5.13. The fraction of sp³-hybridized carbons (Fsp3) is 0.800. The first-order valence-electron chi connectivity index (χ1n) is 5.13. The molecule has 1 amide bonds. The molecular weight excluding hydrogens is 196 g/mol. The average molecular weight is 216 g/mol. The van der Waals surface area contributed by atoms with E-state index in [0.717, 1.165) is 0 Å². The van der Waals surface area contributed by atoms with Crippen molar-refractivity contribution in [3.05, 3.63) is 0 Å². The van der Waals surface area contributed by atoms with Crippen LogP contribution in [0.25, 0.3) is 0 Å². The SMILES string of the molecule is CC(CNC(=O)CNC(C)C)CC(=O)O. The Morgan fingerprint density at radius 3 is 2.33 bits per heavy atom. The summed E-state index contributed by atoms with van der Waals surface area (Å²) in [5.74, 6) is -0.969. The van der Waals surface area contributed by atoms with Crippen LogP contribution >= 0.6 is 0 Å². The molecule has 1 unspecified atom stereocenters. The van der Waals surface area contributed by atoms with Gasteiger partial charge in [-0.15, -0.1) is 0 Å². The molecule has 0 spiro atoms. The molecule has 0 fully saturated rings. The van der Waals surface area contributed by atoms with Crippen LogP contribution in [-0.2, 0) is 9.59 Å². The summed E-state index contributed by atoms with van der Waals surface area (Å²) in [5, 5.41) is 14.2. The molecule has 0 radical (unpaired) electrons. The third-order valence-corrected chi connectivity index (χ3v) is 1.84. The van der Waals surface area contributed by atoms with Gasteiger partial charge in [0.05, 0.1) is 6.54 Å². The zero-order valence-electron chi connectivity index (χ0n) is 9.54. The monoisotopic (exact) mass is 216 g/mol. The summed E-state index contributed by atoms with van der Waals surface area (Å²) < 4.78 is 0. The molecule has 0 aromatic heterocycles. The molecule has 5 heteroatoms. The minimum absolute atomic E-state index is 0.0366. The van der Waals surface area contributed by atoms with E-state index < -0.39 is 5.97 Å². The van der Waals surface area contributed by atoms with E-state index in [0.29, 0.717) is 6.54 Å². The van der Waals surface area contributed by atoms with E-state index in [9.17, 15) is 9.59 Å². The van der Waals surface area contributed by atoms with Crippen molar-refractivity contribution in [2.24, 2.45) is 5.92 Å². The lowest BCUT2D eigenvalue weighted by Crippen LogP contribution is -2.38. The third kappa shape index (κ3) is 9.21. The van der Waals surface area contributed by atoms with E-state index in [2.05, 4.69) is 10.6 Å². The fourth-order valence-electron chi connectivity index (χ4n) is 1.02. The maximum absolute atomic E-state index is 11.2. The maximum atomic E-state index is 11.2. The zero-order chi connectivity index (χ0) is 11.8. The Morgan fingerprint density at radius 2 is 1.87 bits per heavy atom. The predicted octanol–water partition coefficient (Wildman–Crippen LogP) is 0.211. The van der Waals surface area contributed by atoms with E-state index in [1.807, 2.05) is 13.8 Å². The second-order valence-corrected chi connectivity index (χ2v) is 4.04. The normalized spacial score (nSPS) is 12.5. The molecule has 0 aliphatic rings. The van der Waals surface area contributed by atoms with Crippen LogP contribution in [0, 0.1) is 5.92 Å². The number of carboxylic acids is 1. The van der Waals surface area contributed by atoms with Crippen molar-refractivity contribution in [3.8, 4) is 0 Å². The van der Waals surface area contributed by atoms with E-state index in [-0.39, 0.29) is 30.8 Å². The largest absolute Gasteiger partial charge is 0.481 e. The number of aliphatic carboxylic acids is 1. The van der Waals surface area contributed by atoms with Gasteiger partial charge in [-0.25, -0.2) is 0 Å². The highest BCUT2D eigenvalue weighted by molar-refractivity contribution is 5.78. The highest BCUT2D eigenvalue weighted by atomic mass is 16.4. The molecule has 1 atom stereocenters. The van der Waals surface area contributed by atoms with Gasteiger partial charge in [-0.1, -0.05) is 20.8 Å². The van der Waals surface area contributed by atoms with Crippen molar-refractivity contribution in [1.82, 2.24) is 10.6 Å². The van der Waals surface area contributed by atoms with Crippen molar-refractivity contribution >= 4 is 11.9 Å². The number of carbonyl (C=O) groups is 2. The van der Waals surface area contributed by atoms with Gasteiger partial charge in [0.25, 0.3) is 0 Å². The van der Waals surface area contributed by atoms with E-state index in [1.165, 1.54) is 0 Å². The van der Waals surface area contributed by atoms with Crippen molar-refractivity contribution in [2.75, 3.05) is 13.1 Å². The minimum Gasteiger partial charge on any atom is -0.481 e. The van der Waals surface area contributed by atoms with Gasteiger partial charge < -0.3 is 15.7 Å². The summed E-state index contributed by atoms with van der Waals surface area (Å²) in [6, 6.07) is 0.271. The predicted molar refractivity (Wildman–Crippen MR) is 57.6 cm³/mol. The summed E-state index contributed by atoms with van der Waals surface area (Å²) in [4.78, 5) is 21.6. The molecule has 0 aliphatic carbocycles.